The molecule has 1 rings (SSSR count). The molecule has 0 radical (unpaired) electrons. The van der Waals surface area contributed by atoms with Gasteiger partial charge in [0.2, 0.25) is 0 Å². The summed E-state index contributed by atoms with van der Waals surface area (Å²) in [7, 11) is 0. The summed E-state index contributed by atoms with van der Waals surface area (Å²) < 4.78 is 19.1. The van der Waals surface area contributed by atoms with Crippen molar-refractivity contribution in [2.24, 2.45) is 11.1 Å². The average Bonchev–Trinajstić information content (AvgIpc) is 2.29. The van der Waals surface area contributed by atoms with Crippen LogP contribution in [0.1, 0.15) is 26.7 Å². The molecule has 2 nitrogen and oxygen atoms in total. The van der Waals surface area contributed by atoms with Crippen LogP contribution in [0.25, 0.3) is 0 Å². The molecule has 0 heterocycles. The molecule has 0 fully saturated rings. The summed E-state index contributed by atoms with van der Waals surface area (Å²) in [4.78, 5) is 0. The summed E-state index contributed by atoms with van der Waals surface area (Å²) in [5, 5.41) is 0. The Balaban J connectivity index is 2.34. The molecule has 0 bridgehead atoms. The van der Waals surface area contributed by atoms with E-state index in [1.54, 1.807) is 12.1 Å². The number of benzene rings is 1. The predicted molar refractivity (Wildman–Crippen MR) is 71.7 cm³/mol. The highest BCUT2D eigenvalue weighted by atomic mass is 79.9. The second kappa shape index (κ2) is 6.36. The van der Waals surface area contributed by atoms with Gasteiger partial charge in [0.1, 0.15) is 11.6 Å². The lowest BCUT2D eigenvalue weighted by Crippen LogP contribution is -2.23. The van der Waals surface area contributed by atoms with Crippen molar-refractivity contribution >= 4 is 15.9 Å². The zero-order valence-corrected chi connectivity index (χ0v) is 11.9. The van der Waals surface area contributed by atoms with Crippen LogP contribution in [0.4, 0.5) is 4.39 Å². The van der Waals surface area contributed by atoms with Crippen LogP contribution in [0.5, 0.6) is 5.75 Å². The number of nitrogens with two attached hydrogens (primary N) is 1. The second-order valence-electron chi connectivity index (χ2n) is 4.90. The number of halogens is 2. The van der Waals surface area contributed by atoms with Crippen LogP contribution >= 0.6 is 15.9 Å². The predicted octanol–water partition coefficient (Wildman–Crippen LogP) is 3.73. The fourth-order valence-corrected chi connectivity index (χ4v) is 1.66. The average molecular weight is 304 g/mol. The van der Waals surface area contributed by atoms with E-state index in [0.717, 1.165) is 12.8 Å². The van der Waals surface area contributed by atoms with Crippen molar-refractivity contribution in [1.82, 2.24) is 0 Å². The van der Waals surface area contributed by atoms with Crippen LogP contribution in [0, 0.1) is 11.2 Å². The van der Waals surface area contributed by atoms with Crippen molar-refractivity contribution in [2.45, 2.75) is 26.7 Å². The SMILES string of the molecule is CC(C)(CN)CCCOc1ccc(Br)c(F)c1. The van der Waals surface area contributed by atoms with Gasteiger partial charge < -0.3 is 10.5 Å². The molecule has 0 atom stereocenters. The highest BCUT2D eigenvalue weighted by Crippen LogP contribution is 2.23. The van der Waals surface area contributed by atoms with E-state index in [1.807, 2.05) is 0 Å². The molecule has 0 aromatic heterocycles. The third kappa shape index (κ3) is 5.04. The van der Waals surface area contributed by atoms with E-state index in [1.165, 1.54) is 6.07 Å². The van der Waals surface area contributed by atoms with Gasteiger partial charge in [0.05, 0.1) is 11.1 Å². The molecule has 0 unspecified atom stereocenters. The fraction of sp³-hybridized carbons (Fsp3) is 0.538. The van der Waals surface area contributed by atoms with Gasteiger partial charge in [-0.05, 0) is 52.9 Å². The normalized spacial score (nSPS) is 11.6. The van der Waals surface area contributed by atoms with E-state index < -0.39 is 0 Å². The standard InChI is InChI=1S/C13H19BrFNO/c1-13(2,9-16)6-3-7-17-10-4-5-11(14)12(15)8-10/h4-5,8H,3,6-7,9,16H2,1-2H3. The Morgan fingerprint density at radius 3 is 2.71 bits per heavy atom. The third-order valence-electron chi connectivity index (χ3n) is 2.71. The van der Waals surface area contributed by atoms with E-state index in [9.17, 15) is 4.39 Å². The van der Waals surface area contributed by atoms with Gasteiger partial charge in [0.15, 0.2) is 0 Å². The Morgan fingerprint density at radius 1 is 1.41 bits per heavy atom. The summed E-state index contributed by atoms with van der Waals surface area (Å²) in [6.07, 6.45) is 1.92. The van der Waals surface area contributed by atoms with Crippen LogP contribution in [0.2, 0.25) is 0 Å². The molecule has 96 valence electrons. The molecule has 0 aliphatic heterocycles. The van der Waals surface area contributed by atoms with Crippen molar-refractivity contribution in [1.29, 1.82) is 0 Å². The number of hydrogen-bond acceptors (Lipinski definition) is 2. The van der Waals surface area contributed by atoms with Crippen molar-refractivity contribution < 1.29 is 9.13 Å². The first-order valence-corrected chi connectivity index (χ1v) is 6.52. The Labute approximate surface area is 110 Å². The first-order valence-electron chi connectivity index (χ1n) is 5.72. The molecule has 0 amide bonds. The van der Waals surface area contributed by atoms with Gasteiger partial charge >= 0.3 is 0 Å². The first kappa shape index (κ1) is 14.5. The van der Waals surface area contributed by atoms with Gasteiger partial charge in [-0.25, -0.2) is 4.39 Å². The van der Waals surface area contributed by atoms with Gasteiger partial charge in [-0.2, -0.15) is 0 Å². The summed E-state index contributed by atoms with van der Waals surface area (Å²) in [6, 6.07) is 4.79. The topological polar surface area (TPSA) is 35.2 Å². The van der Waals surface area contributed by atoms with Crippen LogP contribution in [0.15, 0.2) is 22.7 Å². The highest BCUT2D eigenvalue weighted by molar-refractivity contribution is 9.10. The minimum absolute atomic E-state index is 0.147. The highest BCUT2D eigenvalue weighted by Gasteiger charge is 2.14. The van der Waals surface area contributed by atoms with E-state index >= 15 is 0 Å². The van der Waals surface area contributed by atoms with Crippen LogP contribution < -0.4 is 10.5 Å². The number of hydrogen-bond donors (Lipinski definition) is 1. The Morgan fingerprint density at radius 2 is 2.12 bits per heavy atom. The molecular weight excluding hydrogens is 285 g/mol. The molecule has 17 heavy (non-hydrogen) atoms. The van der Waals surface area contributed by atoms with Gasteiger partial charge in [0, 0.05) is 6.07 Å². The summed E-state index contributed by atoms with van der Waals surface area (Å²) in [5.41, 5.74) is 5.79. The monoisotopic (exact) mass is 303 g/mol. The van der Waals surface area contributed by atoms with Crippen molar-refractivity contribution in [2.75, 3.05) is 13.2 Å². The zero-order chi connectivity index (χ0) is 12.9. The van der Waals surface area contributed by atoms with Crippen LogP contribution in [0.3, 0.4) is 0 Å². The molecule has 0 aliphatic rings. The quantitative estimate of drug-likeness (QED) is 0.813. The second-order valence-corrected chi connectivity index (χ2v) is 5.75. The van der Waals surface area contributed by atoms with Crippen LogP contribution in [-0.2, 0) is 0 Å². The fourth-order valence-electron chi connectivity index (χ4n) is 1.41. The number of ether oxygens (including phenoxy) is 1. The summed E-state index contributed by atoms with van der Waals surface area (Å²) in [6.45, 7) is 5.52. The Kier molecular flexibility index (Phi) is 5.40. The van der Waals surface area contributed by atoms with Crippen molar-refractivity contribution in [3.8, 4) is 5.75 Å². The lowest BCUT2D eigenvalue weighted by Gasteiger charge is -2.21. The Hall–Kier alpha value is -0.610. The third-order valence-corrected chi connectivity index (χ3v) is 3.35. The van der Waals surface area contributed by atoms with Gasteiger partial charge in [0.25, 0.3) is 0 Å². The number of rotatable bonds is 6. The van der Waals surface area contributed by atoms with E-state index in [0.29, 0.717) is 23.4 Å². The largest absolute Gasteiger partial charge is 0.493 e. The summed E-state index contributed by atoms with van der Waals surface area (Å²) in [5.74, 6) is 0.265. The molecule has 1 aromatic rings. The smallest absolute Gasteiger partial charge is 0.141 e. The molecule has 1 aromatic carbocycles. The molecule has 2 N–H and O–H groups in total. The van der Waals surface area contributed by atoms with Gasteiger partial charge in [-0.15, -0.1) is 0 Å². The minimum Gasteiger partial charge on any atom is -0.493 e. The summed E-state index contributed by atoms with van der Waals surface area (Å²) >= 11 is 3.10. The maximum absolute atomic E-state index is 13.2. The maximum Gasteiger partial charge on any atom is 0.141 e. The maximum atomic E-state index is 13.2. The van der Waals surface area contributed by atoms with Gasteiger partial charge in [-0.3, -0.25) is 0 Å². The molecule has 0 aliphatic carbocycles. The first-order chi connectivity index (χ1) is 7.94. The Bertz CT molecular complexity index is 368. The molecule has 0 saturated heterocycles. The lowest BCUT2D eigenvalue weighted by molar-refractivity contribution is 0.260. The lowest BCUT2D eigenvalue weighted by atomic mass is 9.88. The zero-order valence-electron chi connectivity index (χ0n) is 10.3. The van der Waals surface area contributed by atoms with Crippen molar-refractivity contribution in [3.05, 3.63) is 28.5 Å². The van der Waals surface area contributed by atoms with E-state index in [4.69, 9.17) is 10.5 Å². The molecule has 0 spiro atoms. The van der Waals surface area contributed by atoms with Gasteiger partial charge in [-0.1, -0.05) is 13.8 Å². The molecule has 0 saturated carbocycles. The molecular formula is C13H19BrFNO. The minimum atomic E-state index is -0.301. The van der Waals surface area contributed by atoms with E-state index in [2.05, 4.69) is 29.8 Å². The van der Waals surface area contributed by atoms with Crippen LogP contribution in [-0.4, -0.2) is 13.2 Å². The molecule has 4 heteroatoms. The van der Waals surface area contributed by atoms with E-state index in [-0.39, 0.29) is 11.2 Å². The van der Waals surface area contributed by atoms with Crippen molar-refractivity contribution in [3.63, 3.8) is 0 Å².